The second-order valence-electron chi connectivity index (χ2n) is 4.55. The fourth-order valence-electron chi connectivity index (χ4n) is 1.64. The maximum Gasteiger partial charge on any atom is 0.258 e. The molecule has 0 aliphatic heterocycles. The maximum atomic E-state index is 13.7. The molecule has 1 aromatic carbocycles. The molecule has 1 N–H and O–H groups in total. The maximum absolute atomic E-state index is 13.7. The lowest BCUT2D eigenvalue weighted by Gasteiger charge is -2.10. The number of hydrogen-bond acceptors (Lipinski definition) is 3. The highest BCUT2D eigenvalue weighted by atomic mass is 19.1. The molecule has 0 radical (unpaired) electrons. The average Bonchev–Trinajstić information content (AvgIpc) is 2.44. The molecule has 112 valence electrons. The van der Waals surface area contributed by atoms with E-state index in [1.807, 2.05) is 6.92 Å². The molecular formula is C15H15F3N2O. The van der Waals surface area contributed by atoms with E-state index in [0.717, 1.165) is 12.5 Å². The van der Waals surface area contributed by atoms with Gasteiger partial charge in [0.1, 0.15) is 11.6 Å². The van der Waals surface area contributed by atoms with Crippen LogP contribution in [0, 0.1) is 24.4 Å². The van der Waals surface area contributed by atoms with Gasteiger partial charge in [0.15, 0.2) is 17.5 Å². The summed E-state index contributed by atoms with van der Waals surface area (Å²) in [6.45, 7) is 4.00. The lowest BCUT2D eigenvalue weighted by Crippen LogP contribution is -2.06. The summed E-state index contributed by atoms with van der Waals surface area (Å²) in [5.41, 5.74) is 0.445. The Labute approximate surface area is 120 Å². The van der Waals surface area contributed by atoms with Gasteiger partial charge in [-0.2, -0.15) is 4.98 Å². The smallest absolute Gasteiger partial charge is 0.258 e. The quantitative estimate of drug-likeness (QED) is 0.886. The molecule has 0 bridgehead atoms. The molecular weight excluding hydrogens is 281 g/mol. The van der Waals surface area contributed by atoms with Gasteiger partial charge in [-0.15, -0.1) is 0 Å². The van der Waals surface area contributed by atoms with Crippen LogP contribution in [0.15, 0.2) is 24.3 Å². The number of anilines is 1. The predicted octanol–water partition coefficient (Wildman–Crippen LogP) is 4.42. The van der Waals surface area contributed by atoms with E-state index in [9.17, 15) is 13.2 Å². The summed E-state index contributed by atoms with van der Waals surface area (Å²) in [6, 6.07) is 4.80. The molecule has 0 spiro atoms. The molecule has 0 amide bonds. The number of hydrogen-bond donors (Lipinski definition) is 1. The summed E-state index contributed by atoms with van der Waals surface area (Å²) in [4.78, 5) is 3.75. The van der Waals surface area contributed by atoms with Crippen molar-refractivity contribution in [2.75, 3.05) is 11.9 Å². The van der Waals surface area contributed by atoms with Crippen LogP contribution in [0.3, 0.4) is 0 Å². The lowest BCUT2D eigenvalue weighted by molar-refractivity contribution is 0.415. The Kier molecular flexibility index (Phi) is 4.67. The van der Waals surface area contributed by atoms with Gasteiger partial charge in [0.2, 0.25) is 0 Å². The fraction of sp³-hybridized carbons (Fsp3) is 0.267. The summed E-state index contributed by atoms with van der Waals surface area (Å²) in [5.74, 6) is -2.63. The van der Waals surface area contributed by atoms with Gasteiger partial charge in [0.05, 0.1) is 0 Å². The van der Waals surface area contributed by atoms with Gasteiger partial charge >= 0.3 is 0 Å². The first-order valence-corrected chi connectivity index (χ1v) is 6.55. The number of ether oxygens (including phenoxy) is 1. The molecule has 21 heavy (non-hydrogen) atoms. The Balaban J connectivity index is 2.28. The number of nitrogens with zero attached hydrogens (tertiary/aromatic N) is 1. The minimum Gasteiger partial charge on any atom is -0.436 e. The second-order valence-corrected chi connectivity index (χ2v) is 4.55. The molecule has 0 unspecified atom stereocenters. The number of pyridine rings is 1. The van der Waals surface area contributed by atoms with Crippen molar-refractivity contribution in [1.29, 1.82) is 0 Å². The summed E-state index contributed by atoms with van der Waals surface area (Å²) in [5, 5.41) is 2.73. The Hall–Kier alpha value is -2.24. The zero-order valence-corrected chi connectivity index (χ0v) is 11.7. The van der Waals surface area contributed by atoms with Gasteiger partial charge in [0, 0.05) is 18.7 Å². The Morgan fingerprint density at radius 1 is 1.10 bits per heavy atom. The first kappa shape index (κ1) is 15.2. The SMILES string of the molecule is CCCNc1nc(Oc2ccc(C)c(F)c2)c(F)cc1F. The van der Waals surface area contributed by atoms with E-state index >= 15 is 0 Å². The first-order chi connectivity index (χ1) is 10.0. The van der Waals surface area contributed by atoms with Crippen LogP contribution in [-0.2, 0) is 0 Å². The molecule has 1 heterocycles. The summed E-state index contributed by atoms with van der Waals surface area (Å²) in [7, 11) is 0. The highest BCUT2D eigenvalue weighted by Crippen LogP contribution is 2.27. The molecule has 0 aliphatic carbocycles. The standard InChI is InChI=1S/C15H15F3N2O/c1-3-6-19-14-12(17)8-13(18)15(20-14)21-10-5-4-9(2)11(16)7-10/h4-5,7-8H,3,6H2,1-2H3,(H,19,20). The zero-order valence-electron chi connectivity index (χ0n) is 11.7. The van der Waals surface area contributed by atoms with E-state index in [1.54, 1.807) is 6.92 Å². The van der Waals surface area contributed by atoms with Gasteiger partial charge in [0.25, 0.3) is 5.88 Å². The Bertz CT molecular complexity index is 647. The van der Waals surface area contributed by atoms with E-state index in [4.69, 9.17) is 4.74 Å². The molecule has 2 aromatic rings. The summed E-state index contributed by atoms with van der Waals surface area (Å²) in [6.07, 6.45) is 0.762. The summed E-state index contributed by atoms with van der Waals surface area (Å²) >= 11 is 0. The Morgan fingerprint density at radius 2 is 1.86 bits per heavy atom. The van der Waals surface area contributed by atoms with Crippen LogP contribution in [0.4, 0.5) is 19.0 Å². The van der Waals surface area contributed by atoms with Crippen molar-refractivity contribution in [3.63, 3.8) is 0 Å². The normalized spacial score (nSPS) is 10.5. The molecule has 0 saturated carbocycles. The van der Waals surface area contributed by atoms with E-state index in [1.165, 1.54) is 12.1 Å². The van der Waals surface area contributed by atoms with E-state index < -0.39 is 23.3 Å². The van der Waals surface area contributed by atoms with E-state index in [0.29, 0.717) is 18.2 Å². The van der Waals surface area contributed by atoms with Crippen LogP contribution in [0.5, 0.6) is 11.6 Å². The monoisotopic (exact) mass is 296 g/mol. The van der Waals surface area contributed by atoms with Crippen LogP contribution >= 0.6 is 0 Å². The summed E-state index contributed by atoms with van der Waals surface area (Å²) < 4.78 is 45.8. The van der Waals surface area contributed by atoms with Crippen LogP contribution in [0.1, 0.15) is 18.9 Å². The second kappa shape index (κ2) is 6.47. The number of aryl methyl sites for hydroxylation is 1. The molecule has 2 rings (SSSR count). The van der Waals surface area contributed by atoms with Crippen molar-refractivity contribution in [3.8, 4) is 11.6 Å². The van der Waals surface area contributed by atoms with Crippen molar-refractivity contribution in [3.05, 3.63) is 47.3 Å². The van der Waals surface area contributed by atoms with Crippen molar-refractivity contribution < 1.29 is 17.9 Å². The van der Waals surface area contributed by atoms with Gasteiger partial charge in [-0.05, 0) is 25.0 Å². The molecule has 0 atom stereocenters. The minimum absolute atomic E-state index is 0.0950. The van der Waals surface area contributed by atoms with Gasteiger partial charge < -0.3 is 10.1 Å². The third-order valence-corrected chi connectivity index (χ3v) is 2.80. The van der Waals surface area contributed by atoms with E-state index in [-0.39, 0.29) is 11.6 Å². The van der Waals surface area contributed by atoms with Crippen molar-refractivity contribution in [1.82, 2.24) is 4.98 Å². The first-order valence-electron chi connectivity index (χ1n) is 6.55. The van der Waals surface area contributed by atoms with Crippen molar-refractivity contribution in [2.24, 2.45) is 0 Å². The fourth-order valence-corrected chi connectivity index (χ4v) is 1.64. The van der Waals surface area contributed by atoms with Crippen molar-refractivity contribution >= 4 is 5.82 Å². The number of aromatic nitrogens is 1. The molecule has 6 heteroatoms. The zero-order chi connectivity index (χ0) is 15.4. The van der Waals surface area contributed by atoms with Gasteiger partial charge in [-0.3, -0.25) is 0 Å². The topological polar surface area (TPSA) is 34.2 Å². The van der Waals surface area contributed by atoms with Gasteiger partial charge in [-0.25, -0.2) is 13.2 Å². The molecule has 0 saturated heterocycles. The molecule has 3 nitrogen and oxygen atoms in total. The van der Waals surface area contributed by atoms with Gasteiger partial charge in [-0.1, -0.05) is 13.0 Å². The van der Waals surface area contributed by atoms with Crippen LogP contribution < -0.4 is 10.1 Å². The highest BCUT2D eigenvalue weighted by Gasteiger charge is 2.14. The largest absolute Gasteiger partial charge is 0.436 e. The molecule has 1 aromatic heterocycles. The number of halogens is 3. The third-order valence-electron chi connectivity index (χ3n) is 2.80. The number of nitrogens with one attached hydrogen (secondary N) is 1. The van der Waals surface area contributed by atoms with Crippen LogP contribution in [0.25, 0.3) is 0 Å². The van der Waals surface area contributed by atoms with E-state index in [2.05, 4.69) is 10.3 Å². The predicted molar refractivity (Wildman–Crippen MR) is 74.1 cm³/mol. The highest BCUT2D eigenvalue weighted by molar-refractivity contribution is 5.41. The van der Waals surface area contributed by atoms with Crippen LogP contribution in [0.2, 0.25) is 0 Å². The lowest BCUT2D eigenvalue weighted by atomic mass is 10.2. The Morgan fingerprint density at radius 3 is 2.52 bits per heavy atom. The minimum atomic E-state index is -0.949. The third kappa shape index (κ3) is 3.65. The molecule has 0 fully saturated rings. The number of benzene rings is 1. The number of rotatable bonds is 5. The van der Waals surface area contributed by atoms with Crippen molar-refractivity contribution in [2.45, 2.75) is 20.3 Å². The molecule has 0 aliphatic rings. The average molecular weight is 296 g/mol. The van der Waals surface area contributed by atoms with Crippen LogP contribution in [-0.4, -0.2) is 11.5 Å².